The minimum atomic E-state index is -0.0651. The van der Waals surface area contributed by atoms with E-state index in [1.54, 1.807) is 30.3 Å². The number of likely N-dealkylation sites (N-methyl/N-ethyl adjacent to an activating group) is 1. The predicted octanol–water partition coefficient (Wildman–Crippen LogP) is 1.45. The molecule has 0 spiro atoms. The van der Waals surface area contributed by atoms with E-state index in [9.17, 15) is 4.79 Å². The Kier molecular flexibility index (Phi) is 6.59. The molecule has 0 radical (unpaired) electrons. The van der Waals surface area contributed by atoms with Crippen LogP contribution in [0.25, 0.3) is 0 Å². The number of carbonyl (C=O) groups excluding carboxylic acids is 1. The lowest BCUT2D eigenvalue weighted by atomic mass is 10.2. The number of amides is 1. The Bertz CT molecular complexity index is 397. The van der Waals surface area contributed by atoms with Gasteiger partial charge in [0.15, 0.2) is 0 Å². The monoisotopic (exact) mass is 285 g/mol. The average molecular weight is 286 g/mol. The van der Waals surface area contributed by atoms with Crippen LogP contribution >= 0.6 is 11.6 Å². The Balaban J connectivity index is 2.41. The zero-order valence-corrected chi connectivity index (χ0v) is 12.0. The van der Waals surface area contributed by atoms with Crippen LogP contribution in [0.1, 0.15) is 19.8 Å². The molecule has 1 atom stereocenters. The topological polar surface area (TPSA) is 65.5 Å². The number of hydrogen-bond acceptors (Lipinski definition) is 4. The number of pyridine rings is 1. The molecule has 1 aromatic rings. The van der Waals surface area contributed by atoms with Crippen LogP contribution in [-0.2, 0) is 4.79 Å². The number of carbonyl (C=O) groups is 1. The first kappa shape index (κ1) is 15.7. The normalized spacial score (nSPS) is 12.0. The smallest absolute Gasteiger partial charge is 0.239 e. The van der Waals surface area contributed by atoms with Crippen LogP contribution in [0, 0.1) is 0 Å². The molecule has 0 aliphatic heterocycles. The minimum Gasteiger partial charge on any atom is -0.396 e. The van der Waals surface area contributed by atoms with E-state index in [0.717, 1.165) is 6.42 Å². The maximum Gasteiger partial charge on any atom is 0.239 e. The number of nitrogens with zero attached hydrogens (tertiary/aromatic N) is 2. The van der Waals surface area contributed by atoms with E-state index in [2.05, 4.69) is 10.3 Å². The van der Waals surface area contributed by atoms with Crippen LogP contribution in [0.4, 0.5) is 5.82 Å². The first-order valence-electron chi connectivity index (χ1n) is 6.26. The van der Waals surface area contributed by atoms with Gasteiger partial charge in [-0.3, -0.25) is 4.79 Å². The summed E-state index contributed by atoms with van der Waals surface area (Å²) in [5.74, 6) is 0.632. The molecule has 1 unspecified atom stereocenters. The van der Waals surface area contributed by atoms with Gasteiger partial charge in [-0.15, -0.1) is 0 Å². The molecule has 2 N–H and O–H groups in total. The first-order chi connectivity index (χ1) is 9.02. The fourth-order valence-electron chi connectivity index (χ4n) is 1.68. The van der Waals surface area contributed by atoms with Gasteiger partial charge in [0.1, 0.15) is 5.82 Å². The van der Waals surface area contributed by atoms with Crippen molar-refractivity contribution in [3.8, 4) is 0 Å². The Morgan fingerprint density at radius 2 is 2.32 bits per heavy atom. The molecule has 0 aromatic carbocycles. The summed E-state index contributed by atoms with van der Waals surface area (Å²) in [5, 5.41) is 12.2. The molecule has 1 heterocycles. The van der Waals surface area contributed by atoms with Gasteiger partial charge in [-0.05, 0) is 31.9 Å². The molecule has 0 fully saturated rings. The molecule has 1 amide bonds. The number of aliphatic hydroxyl groups is 1. The molecule has 0 aliphatic carbocycles. The van der Waals surface area contributed by atoms with Gasteiger partial charge in [-0.1, -0.05) is 11.6 Å². The maximum atomic E-state index is 11.8. The van der Waals surface area contributed by atoms with Crippen molar-refractivity contribution in [1.82, 2.24) is 10.3 Å². The van der Waals surface area contributed by atoms with Crippen molar-refractivity contribution in [3.05, 3.63) is 23.4 Å². The zero-order valence-electron chi connectivity index (χ0n) is 11.3. The lowest BCUT2D eigenvalue weighted by Gasteiger charge is -2.19. The summed E-state index contributed by atoms with van der Waals surface area (Å²) in [6.07, 6.45) is 3.01. The largest absolute Gasteiger partial charge is 0.396 e. The van der Waals surface area contributed by atoms with Crippen LogP contribution in [0.15, 0.2) is 18.3 Å². The summed E-state index contributed by atoms with van der Waals surface area (Å²) in [7, 11) is 1.80. The second-order valence-corrected chi connectivity index (χ2v) is 4.96. The van der Waals surface area contributed by atoms with Crippen molar-refractivity contribution in [2.45, 2.75) is 25.8 Å². The standard InChI is InChI=1S/C13H20ClN3O2/c1-10(4-3-7-18)16-13(19)9-17(2)12-6-5-11(14)8-15-12/h5-6,8,10,18H,3-4,7,9H2,1-2H3,(H,16,19). The van der Waals surface area contributed by atoms with Crippen molar-refractivity contribution in [2.24, 2.45) is 0 Å². The Labute approximate surface area is 118 Å². The van der Waals surface area contributed by atoms with E-state index in [4.69, 9.17) is 16.7 Å². The van der Waals surface area contributed by atoms with E-state index in [-0.39, 0.29) is 25.1 Å². The quantitative estimate of drug-likeness (QED) is 0.796. The van der Waals surface area contributed by atoms with Crippen molar-refractivity contribution in [1.29, 1.82) is 0 Å². The van der Waals surface area contributed by atoms with Crippen molar-refractivity contribution in [3.63, 3.8) is 0 Å². The highest BCUT2D eigenvalue weighted by atomic mass is 35.5. The summed E-state index contributed by atoms with van der Waals surface area (Å²) in [5.41, 5.74) is 0. The van der Waals surface area contributed by atoms with Gasteiger partial charge in [0.2, 0.25) is 5.91 Å². The highest BCUT2D eigenvalue weighted by molar-refractivity contribution is 6.30. The zero-order chi connectivity index (χ0) is 14.3. The number of aromatic nitrogens is 1. The van der Waals surface area contributed by atoms with E-state index in [1.807, 2.05) is 6.92 Å². The van der Waals surface area contributed by atoms with E-state index in [0.29, 0.717) is 17.3 Å². The molecule has 0 bridgehead atoms. The highest BCUT2D eigenvalue weighted by Gasteiger charge is 2.11. The summed E-state index contributed by atoms with van der Waals surface area (Å²) < 4.78 is 0. The lowest BCUT2D eigenvalue weighted by molar-refractivity contribution is -0.120. The number of halogens is 1. The van der Waals surface area contributed by atoms with Crippen LogP contribution in [0.5, 0.6) is 0 Å². The Morgan fingerprint density at radius 3 is 2.89 bits per heavy atom. The van der Waals surface area contributed by atoms with Crippen LogP contribution in [0.3, 0.4) is 0 Å². The molecule has 1 rings (SSSR count). The molecule has 0 aliphatic rings. The molecule has 1 aromatic heterocycles. The van der Waals surface area contributed by atoms with Crippen LogP contribution in [0.2, 0.25) is 5.02 Å². The van der Waals surface area contributed by atoms with Gasteiger partial charge in [-0.2, -0.15) is 0 Å². The van der Waals surface area contributed by atoms with Gasteiger partial charge >= 0.3 is 0 Å². The third-order valence-corrected chi connectivity index (χ3v) is 2.91. The molecule has 6 heteroatoms. The van der Waals surface area contributed by atoms with Gasteiger partial charge in [0, 0.05) is 25.9 Å². The number of anilines is 1. The molecule has 19 heavy (non-hydrogen) atoms. The maximum absolute atomic E-state index is 11.8. The Hall–Kier alpha value is -1.33. The summed E-state index contributed by atoms with van der Waals surface area (Å²) in [4.78, 5) is 17.7. The summed E-state index contributed by atoms with van der Waals surface area (Å²) in [6, 6.07) is 3.57. The third-order valence-electron chi connectivity index (χ3n) is 2.69. The molecular formula is C13H20ClN3O2. The number of hydrogen-bond donors (Lipinski definition) is 2. The third kappa shape index (κ3) is 5.89. The van der Waals surface area contributed by atoms with Gasteiger partial charge < -0.3 is 15.3 Å². The molecule has 0 saturated heterocycles. The van der Waals surface area contributed by atoms with Crippen molar-refractivity contribution >= 4 is 23.3 Å². The van der Waals surface area contributed by atoms with E-state index in [1.165, 1.54) is 0 Å². The minimum absolute atomic E-state index is 0.0613. The SMILES string of the molecule is CC(CCCO)NC(=O)CN(C)c1ccc(Cl)cn1. The molecule has 5 nitrogen and oxygen atoms in total. The second kappa shape index (κ2) is 7.96. The number of nitrogens with one attached hydrogen (secondary N) is 1. The van der Waals surface area contributed by atoms with Crippen molar-refractivity contribution in [2.75, 3.05) is 25.1 Å². The molecular weight excluding hydrogens is 266 g/mol. The molecule has 0 saturated carbocycles. The van der Waals surface area contributed by atoms with Crippen LogP contribution in [-0.4, -0.2) is 42.2 Å². The molecule has 106 valence electrons. The summed E-state index contributed by atoms with van der Waals surface area (Å²) >= 11 is 5.76. The van der Waals surface area contributed by atoms with Crippen LogP contribution < -0.4 is 10.2 Å². The number of aliphatic hydroxyl groups excluding tert-OH is 1. The lowest BCUT2D eigenvalue weighted by Crippen LogP contribution is -2.40. The van der Waals surface area contributed by atoms with Gasteiger partial charge in [-0.25, -0.2) is 4.98 Å². The van der Waals surface area contributed by atoms with Crippen molar-refractivity contribution < 1.29 is 9.90 Å². The van der Waals surface area contributed by atoms with Gasteiger partial charge in [0.25, 0.3) is 0 Å². The Morgan fingerprint density at radius 1 is 1.58 bits per heavy atom. The van der Waals surface area contributed by atoms with Gasteiger partial charge in [0.05, 0.1) is 11.6 Å². The predicted molar refractivity (Wildman–Crippen MR) is 76.4 cm³/mol. The van der Waals surface area contributed by atoms with E-state index < -0.39 is 0 Å². The first-order valence-corrected chi connectivity index (χ1v) is 6.63. The summed E-state index contributed by atoms with van der Waals surface area (Å²) in [6.45, 7) is 2.31. The number of rotatable bonds is 7. The highest BCUT2D eigenvalue weighted by Crippen LogP contribution is 2.12. The fourth-order valence-corrected chi connectivity index (χ4v) is 1.79. The average Bonchev–Trinajstić information content (AvgIpc) is 2.36. The second-order valence-electron chi connectivity index (χ2n) is 4.53. The fraction of sp³-hybridized carbons (Fsp3) is 0.538. The van der Waals surface area contributed by atoms with E-state index >= 15 is 0 Å².